The number of carbonyl (C=O) groups excluding carboxylic acids is 1. The molecule has 1 heterocycles. The summed E-state index contributed by atoms with van der Waals surface area (Å²) in [5.41, 5.74) is 8.02. The van der Waals surface area contributed by atoms with E-state index in [2.05, 4.69) is 13.8 Å². The molecular weight excluding hydrogens is 236 g/mol. The molecule has 1 aromatic rings. The quantitative estimate of drug-likeness (QED) is 0.906. The summed E-state index contributed by atoms with van der Waals surface area (Å²) in [6, 6.07) is 8.02. The Morgan fingerprint density at radius 3 is 2.47 bits per heavy atom. The van der Waals surface area contributed by atoms with E-state index in [4.69, 9.17) is 5.73 Å². The van der Waals surface area contributed by atoms with Gasteiger partial charge in [-0.1, -0.05) is 38.1 Å². The molecule has 2 N–H and O–H groups in total. The zero-order chi connectivity index (χ0) is 13.9. The van der Waals surface area contributed by atoms with Crippen LogP contribution >= 0.6 is 0 Å². The number of amides is 1. The average molecular weight is 260 g/mol. The van der Waals surface area contributed by atoms with Gasteiger partial charge in [-0.05, 0) is 29.4 Å². The van der Waals surface area contributed by atoms with Crippen LogP contribution in [0, 0.1) is 5.41 Å². The molecule has 0 spiro atoms. The number of benzene rings is 1. The van der Waals surface area contributed by atoms with Crippen molar-refractivity contribution in [1.82, 2.24) is 4.90 Å². The van der Waals surface area contributed by atoms with Crippen LogP contribution in [-0.2, 0) is 17.8 Å². The molecule has 1 aliphatic rings. The fourth-order valence-corrected chi connectivity index (χ4v) is 2.72. The van der Waals surface area contributed by atoms with E-state index in [0.29, 0.717) is 13.0 Å². The lowest BCUT2D eigenvalue weighted by atomic mass is 9.84. The zero-order valence-corrected chi connectivity index (χ0v) is 12.0. The Balaban J connectivity index is 1.96. The van der Waals surface area contributed by atoms with Crippen LogP contribution in [0.4, 0.5) is 0 Å². The van der Waals surface area contributed by atoms with Gasteiger partial charge in [-0.3, -0.25) is 4.79 Å². The summed E-state index contributed by atoms with van der Waals surface area (Å²) in [4.78, 5) is 14.3. The highest BCUT2D eigenvalue weighted by atomic mass is 16.2. The molecule has 0 radical (unpaired) electrons. The van der Waals surface area contributed by atoms with E-state index in [-0.39, 0.29) is 11.3 Å². The third-order valence-corrected chi connectivity index (χ3v) is 3.87. The van der Waals surface area contributed by atoms with E-state index in [1.165, 1.54) is 6.42 Å². The van der Waals surface area contributed by atoms with Gasteiger partial charge in [0.2, 0.25) is 5.91 Å². The molecular formula is C16H24N2O. The second-order valence-electron chi connectivity index (χ2n) is 6.28. The number of likely N-dealkylation sites (tertiary alicyclic amines) is 1. The van der Waals surface area contributed by atoms with Gasteiger partial charge in [0.25, 0.3) is 0 Å². The van der Waals surface area contributed by atoms with Gasteiger partial charge in [0, 0.05) is 19.6 Å². The van der Waals surface area contributed by atoms with E-state index >= 15 is 0 Å². The number of hydrogen-bond acceptors (Lipinski definition) is 2. The standard InChI is InChI=1S/C16H24N2O/c1-16(2)8-3-9-18(12-16)15(19)10-13-4-6-14(11-17)7-5-13/h4-7H,3,8-12,17H2,1-2H3. The van der Waals surface area contributed by atoms with Crippen LogP contribution in [0.5, 0.6) is 0 Å². The second-order valence-corrected chi connectivity index (χ2v) is 6.28. The van der Waals surface area contributed by atoms with Crippen LogP contribution in [0.1, 0.15) is 37.8 Å². The van der Waals surface area contributed by atoms with Crippen LogP contribution in [-0.4, -0.2) is 23.9 Å². The molecule has 1 saturated heterocycles. The first kappa shape index (κ1) is 14.1. The molecule has 0 atom stereocenters. The first-order chi connectivity index (χ1) is 9.00. The van der Waals surface area contributed by atoms with Gasteiger partial charge >= 0.3 is 0 Å². The van der Waals surface area contributed by atoms with E-state index in [1.54, 1.807) is 0 Å². The molecule has 3 nitrogen and oxygen atoms in total. The average Bonchev–Trinajstić information content (AvgIpc) is 2.38. The normalized spacial score (nSPS) is 18.4. The Morgan fingerprint density at radius 1 is 1.26 bits per heavy atom. The third-order valence-electron chi connectivity index (χ3n) is 3.87. The summed E-state index contributed by atoms with van der Waals surface area (Å²) < 4.78 is 0. The Labute approximate surface area is 115 Å². The van der Waals surface area contributed by atoms with Crippen molar-refractivity contribution >= 4 is 5.91 Å². The van der Waals surface area contributed by atoms with E-state index in [1.807, 2.05) is 29.2 Å². The number of hydrogen-bond donors (Lipinski definition) is 1. The molecule has 1 amide bonds. The molecule has 0 unspecified atom stereocenters. The van der Waals surface area contributed by atoms with Crippen molar-refractivity contribution < 1.29 is 4.79 Å². The van der Waals surface area contributed by atoms with Gasteiger partial charge in [0.1, 0.15) is 0 Å². The lowest BCUT2D eigenvalue weighted by molar-refractivity contribution is -0.133. The molecule has 0 bridgehead atoms. The Hall–Kier alpha value is -1.35. The van der Waals surface area contributed by atoms with Crippen LogP contribution in [0.15, 0.2) is 24.3 Å². The SMILES string of the molecule is CC1(C)CCCN(C(=O)Cc2ccc(CN)cc2)C1. The number of piperidine rings is 1. The van der Waals surface area contributed by atoms with Crippen molar-refractivity contribution in [1.29, 1.82) is 0 Å². The Kier molecular flexibility index (Phi) is 4.25. The van der Waals surface area contributed by atoms with Gasteiger partial charge in [-0.25, -0.2) is 0 Å². The fraction of sp³-hybridized carbons (Fsp3) is 0.562. The van der Waals surface area contributed by atoms with Gasteiger partial charge in [-0.2, -0.15) is 0 Å². The monoisotopic (exact) mass is 260 g/mol. The van der Waals surface area contributed by atoms with Gasteiger partial charge in [-0.15, -0.1) is 0 Å². The van der Waals surface area contributed by atoms with Crippen molar-refractivity contribution in [3.8, 4) is 0 Å². The lowest BCUT2D eigenvalue weighted by Crippen LogP contribution is -2.44. The lowest BCUT2D eigenvalue weighted by Gasteiger charge is -2.38. The highest BCUT2D eigenvalue weighted by molar-refractivity contribution is 5.79. The van der Waals surface area contributed by atoms with E-state index in [9.17, 15) is 4.79 Å². The van der Waals surface area contributed by atoms with Crippen LogP contribution < -0.4 is 5.73 Å². The molecule has 19 heavy (non-hydrogen) atoms. The fourth-order valence-electron chi connectivity index (χ4n) is 2.72. The molecule has 1 aliphatic heterocycles. The first-order valence-corrected chi connectivity index (χ1v) is 7.06. The van der Waals surface area contributed by atoms with E-state index in [0.717, 1.165) is 30.6 Å². The smallest absolute Gasteiger partial charge is 0.227 e. The second kappa shape index (κ2) is 5.74. The van der Waals surface area contributed by atoms with E-state index < -0.39 is 0 Å². The summed E-state index contributed by atoms with van der Waals surface area (Å²) >= 11 is 0. The summed E-state index contributed by atoms with van der Waals surface area (Å²) in [7, 11) is 0. The first-order valence-electron chi connectivity index (χ1n) is 7.06. The molecule has 1 aromatic carbocycles. The minimum Gasteiger partial charge on any atom is -0.342 e. The van der Waals surface area contributed by atoms with Gasteiger partial charge in [0.05, 0.1) is 6.42 Å². The third kappa shape index (κ3) is 3.80. The summed E-state index contributed by atoms with van der Waals surface area (Å²) in [5.74, 6) is 0.244. The number of carbonyl (C=O) groups is 1. The molecule has 2 rings (SSSR count). The van der Waals surface area contributed by atoms with Gasteiger partial charge < -0.3 is 10.6 Å². The zero-order valence-electron chi connectivity index (χ0n) is 12.0. The van der Waals surface area contributed by atoms with Crippen molar-refractivity contribution in [2.75, 3.05) is 13.1 Å². The highest BCUT2D eigenvalue weighted by Gasteiger charge is 2.28. The predicted octanol–water partition coefficient (Wildman–Crippen LogP) is 2.34. The van der Waals surface area contributed by atoms with Crippen LogP contribution in [0.25, 0.3) is 0 Å². The van der Waals surface area contributed by atoms with Crippen LogP contribution in [0.2, 0.25) is 0 Å². The highest BCUT2D eigenvalue weighted by Crippen LogP contribution is 2.28. The summed E-state index contributed by atoms with van der Waals surface area (Å²) in [6.45, 7) is 6.81. The summed E-state index contributed by atoms with van der Waals surface area (Å²) in [6.07, 6.45) is 2.83. The van der Waals surface area contributed by atoms with Crippen molar-refractivity contribution in [2.45, 2.75) is 39.7 Å². The maximum Gasteiger partial charge on any atom is 0.227 e. The molecule has 1 fully saturated rings. The molecule has 104 valence electrons. The van der Waals surface area contributed by atoms with Gasteiger partial charge in [0.15, 0.2) is 0 Å². The largest absolute Gasteiger partial charge is 0.342 e. The minimum atomic E-state index is 0.244. The number of nitrogens with two attached hydrogens (primary N) is 1. The molecule has 0 saturated carbocycles. The molecule has 3 heteroatoms. The topological polar surface area (TPSA) is 46.3 Å². The minimum absolute atomic E-state index is 0.244. The summed E-state index contributed by atoms with van der Waals surface area (Å²) in [5, 5.41) is 0. The number of rotatable bonds is 3. The van der Waals surface area contributed by atoms with Crippen molar-refractivity contribution in [2.24, 2.45) is 11.1 Å². The van der Waals surface area contributed by atoms with Crippen LogP contribution in [0.3, 0.4) is 0 Å². The maximum absolute atomic E-state index is 12.3. The van der Waals surface area contributed by atoms with Crippen molar-refractivity contribution in [3.63, 3.8) is 0 Å². The Bertz CT molecular complexity index is 437. The number of nitrogens with zero attached hydrogens (tertiary/aromatic N) is 1. The van der Waals surface area contributed by atoms with Crippen molar-refractivity contribution in [3.05, 3.63) is 35.4 Å². The molecule has 0 aromatic heterocycles. The predicted molar refractivity (Wildman–Crippen MR) is 77.6 cm³/mol. The maximum atomic E-state index is 12.3. The molecule has 0 aliphatic carbocycles. The Morgan fingerprint density at radius 2 is 1.89 bits per heavy atom.